The Labute approximate surface area is 178 Å². The van der Waals surface area contributed by atoms with Gasteiger partial charge in [-0.15, -0.1) is 0 Å². The second-order valence-electron chi connectivity index (χ2n) is 8.48. The summed E-state index contributed by atoms with van der Waals surface area (Å²) in [6, 6.07) is 7.56. The Morgan fingerprint density at radius 1 is 1.13 bits per heavy atom. The van der Waals surface area contributed by atoms with Gasteiger partial charge in [-0.1, -0.05) is 24.1 Å². The first-order chi connectivity index (χ1) is 14.6. The fourth-order valence-corrected chi connectivity index (χ4v) is 4.85. The zero-order chi connectivity index (χ0) is 21.0. The van der Waals surface area contributed by atoms with Crippen molar-refractivity contribution in [3.63, 3.8) is 0 Å². The molecule has 0 atom stereocenters. The van der Waals surface area contributed by atoms with Crippen molar-refractivity contribution < 1.29 is 4.79 Å². The van der Waals surface area contributed by atoms with E-state index in [1.807, 2.05) is 29.2 Å². The molecular weight excluding hydrogens is 376 g/mol. The number of rotatable bonds is 5. The minimum absolute atomic E-state index is 0.0681. The first-order valence-electron chi connectivity index (χ1n) is 11.1. The summed E-state index contributed by atoms with van der Waals surface area (Å²) in [4.78, 5) is 23.6. The Morgan fingerprint density at radius 3 is 2.73 bits per heavy atom. The van der Waals surface area contributed by atoms with Crippen LogP contribution in [0.4, 0.5) is 5.69 Å². The summed E-state index contributed by atoms with van der Waals surface area (Å²) in [5.41, 5.74) is 14.7. The predicted octanol–water partition coefficient (Wildman–Crippen LogP) is 3.42. The average molecular weight is 409 g/mol. The third-order valence-corrected chi connectivity index (χ3v) is 6.33. The van der Waals surface area contributed by atoms with E-state index in [9.17, 15) is 4.79 Å². The van der Waals surface area contributed by atoms with Crippen LogP contribution in [-0.4, -0.2) is 30.0 Å². The van der Waals surface area contributed by atoms with Crippen molar-refractivity contribution in [3.05, 3.63) is 41.5 Å². The Hall–Kier alpha value is -2.83. The van der Waals surface area contributed by atoms with Crippen LogP contribution in [0.5, 0.6) is 0 Å². The topological polar surface area (TPSA) is 109 Å². The van der Waals surface area contributed by atoms with E-state index in [-0.39, 0.29) is 11.9 Å². The summed E-state index contributed by atoms with van der Waals surface area (Å²) < 4.78 is 0. The van der Waals surface area contributed by atoms with Gasteiger partial charge in [-0.25, -0.2) is 4.99 Å². The summed E-state index contributed by atoms with van der Waals surface area (Å²) in [5.74, 6) is 0.504. The van der Waals surface area contributed by atoms with E-state index < -0.39 is 5.66 Å². The minimum atomic E-state index is -0.503. The maximum atomic E-state index is 12.8. The molecule has 2 aliphatic carbocycles. The lowest BCUT2D eigenvalue weighted by Gasteiger charge is -2.45. The van der Waals surface area contributed by atoms with Gasteiger partial charge in [0.25, 0.3) is 5.91 Å². The molecule has 1 aromatic carbocycles. The lowest BCUT2D eigenvalue weighted by molar-refractivity contribution is 0.0954. The number of guanidine groups is 2. The number of nitrogens with zero attached hydrogens (tertiary/aromatic N) is 3. The molecule has 160 valence electrons. The molecular formula is C23H32N6O. The Bertz CT molecular complexity index is 881. The van der Waals surface area contributed by atoms with Crippen LogP contribution in [0.1, 0.15) is 74.6 Å². The number of carbonyl (C=O) groups is 1. The number of amides is 1. The molecule has 1 aromatic rings. The normalized spacial score (nSPS) is 20.9. The molecule has 1 amide bonds. The number of nitrogens with two attached hydrogens (primary N) is 2. The second kappa shape index (κ2) is 8.90. The van der Waals surface area contributed by atoms with Gasteiger partial charge in [0.2, 0.25) is 11.9 Å². The van der Waals surface area contributed by atoms with E-state index in [2.05, 4.69) is 16.4 Å². The van der Waals surface area contributed by atoms with Gasteiger partial charge in [0.15, 0.2) is 0 Å². The first kappa shape index (κ1) is 20.4. The average Bonchev–Trinajstić information content (AvgIpc) is 2.74. The number of hydrogen-bond acceptors (Lipinski definition) is 6. The summed E-state index contributed by atoms with van der Waals surface area (Å²) in [6.45, 7) is 0.660. The Kier molecular flexibility index (Phi) is 6.06. The quantitative estimate of drug-likeness (QED) is 0.649. The highest BCUT2D eigenvalue weighted by Crippen LogP contribution is 2.39. The van der Waals surface area contributed by atoms with Crippen molar-refractivity contribution in [1.82, 2.24) is 5.32 Å². The highest BCUT2D eigenvalue weighted by Gasteiger charge is 2.42. The van der Waals surface area contributed by atoms with Gasteiger partial charge < -0.3 is 16.8 Å². The molecule has 0 saturated heterocycles. The van der Waals surface area contributed by atoms with Gasteiger partial charge in [0.05, 0.1) is 0 Å². The molecule has 1 saturated carbocycles. The van der Waals surface area contributed by atoms with Gasteiger partial charge in [-0.2, -0.15) is 4.99 Å². The molecule has 7 nitrogen and oxygen atoms in total. The van der Waals surface area contributed by atoms with Crippen LogP contribution in [0.3, 0.4) is 0 Å². The SMILES string of the molecule is NC1=NC2(CCCCC2)N(c2cccc(C(=O)NCCC3=CCCCC3)c2)C(N)=N1. The zero-order valence-corrected chi connectivity index (χ0v) is 17.6. The highest BCUT2D eigenvalue weighted by atomic mass is 16.1. The van der Waals surface area contributed by atoms with E-state index in [0.717, 1.165) is 44.2 Å². The third-order valence-electron chi connectivity index (χ3n) is 6.33. The fourth-order valence-electron chi connectivity index (χ4n) is 4.85. The number of hydrogen-bond donors (Lipinski definition) is 3. The molecule has 7 heteroatoms. The number of anilines is 1. The van der Waals surface area contributed by atoms with Gasteiger partial charge in [-0.3, -0.25) is 9.69 Å². The van der Waals surface area contributed by atoms with Crippen molar-refractivity contribution in [2.45, 2.75) is 69.9 Å². The molecule has 0 radical (unpaired) electrons. The molecule has 4 rings (SSSR count). The lowest BCUT2D eigenvalue weighted by Crippen LogP contribution is -2.58. The van der Waals surface area contributed by atoms with E-state index >= 15 is 0 Å². The van der Waals surface area contributed by atoms with E-state index in [1.54, 1.807) is 0 Å². The number of nitrogens with one attached hydrogen (secondary N) is 1. The van der Waals surface area contributed by atoms with E-state index in [4.69, 9.17) is 16.5 Å². The molecule has 1 fully saturated rings. The first-order valence-corrected chi connectivity index (χ1v) is 11.1. The van der Waals surface area contributed by atoms with Crippen molar-refractivity contribution in [2.24, 2.45) is 21.5 Å². The van der Waals surface area contributed by atoms with Crippen LogP contribution >= 0.6 is 0 Å². The van der Waals surface area contributed by atoms with Gasteiger partial charge in [-0.05, 0) is 76.0 Å². The fraction of sp³-hybridized carbons (Fsp3) is 0.522. The smallest absolute Gasteiger partial charge is 0.251 e. The van der Waals surface area contributed by atoms with Crippen molar-refractivity contribution in [2.75, 3.05) is 11.4 Å². The van der Waals surface area contributed by atoms with E-state index in [0.29, 0.717) is 18.1 Å². The van der Waals surface area contributed by atoms with Crippen LogP contribution < -0.4 is 21.7 Å². The monoisotopic (exact) mass is 408 g/mol. The molecule has 5 N–H and O–H groups in total. The Balaban J connectivity index is 1.49. The van der Waals surface area contributed by atoms with Gasteiger partial charge in [0.1, 0.15) is 5.66 Å². The maximum Gasteiger partial charge on any atom is 0.251 e. The summed E-state index contributed by atoms with van der Waals surface area (Å²) in [5, 5.41) is 3.06. The third kappa shape index (κ3) is 4.35. The van der Waals surface area contributed by atoms with Crippen LogP contribution in [0, 0.1) is 0 Å². The summed E-state index contributed by atoms with van der Waals surface area (Å²) in [6.07, 6.45) is 13.2. The van der Waals surface area contributed by atoms with Gasteiger partial charge >= 0.3 is 0 Å². The molecule has 0 aromatic heterocycles. The molecule has 1 aliphatic heterocycles. The molecule has 0 unspecified atom stereocenters. The van der Waals surface area contributed by atoms with E-state index in [1.165, 1.54) is 31.3 Å². The van der Waals surface area contributed by atoms with Crippen molar-refractivity contribution >= 4 is 23.5 Å². The largest absolute Gasteiger partial charge is 0.369 e. The highest BCUT2D eigenvalue weighted by molar-refractivity contribution is 6.06. The van der Waals surface area contributed by atoms with Gasteiger partial charge in [0, 0.05) is 17.8 Å². The zero-order valence-electron chi connectivity index (χ0n) is 17.6. The Morgan fingerprint density at radius 2 is 1.97 bits per heavy atom. The molecule has 30 heavy (non-hydrogen) atoms. The van der Waals surface area contributed by atoms with Crippen LogP contribution in [0.15, 0.2) is 45.9 Å². The maximum absolute atomic E-state index is 12.8. The predicted molar refractivity (Wildman–Crippen MR) is 121 cm³/mol. The number of allylic oxidation sites excluding steroid dienone is 1. The standard InChI is InChI=1S/C23H32N6O/c24-21-27-22(25)29(23(28-21)13-5-2-6-14-23)19-11-7-10-18(16-19)20(30)26-15-12-17-8-3-1-4-9-17/h7-8,10-11,16H,1-6,9,12-15H2,(H,26,30)(H4,24,25,27,28). The van der Waals surface area contributed by atoms with Crippen LogP contribution in [0.2, 0.25) is 0 Å². The summed E-state index contributed by atoms with van der Waals surface area (Å²) >= 11 is 0. The number of aliphatic imine (C=N–C) groups is 2. The molecule has 1 spiro atoms. The second-order valence-corrected chi connectivity index (χ2v) is 8.48. The molecule has 1 heterocycles. The minimum Gasteiger partial charge on any atom is -0.369 e. The molecule has 3 aliphatic rings. The number of benzene rings is 1. The van der Waals surface area contributed by atoms with Crippen LogP contribution in [0.25, 0.3) is 0 Å². The number of carbonyl (C=O) groups excluding carboxylic acids is 1. The van der Waals surface area contributed by atoms with Crippen LogP contribution in [-0.2, 0) is 0 Å². The lowest BCUT2D eigenvalue weighted by atomic mass is 9.87. The van der Waals surface area contributed by atoms with Crippen molar-refractivity contribution in [1.29, 1.82) is 0 Å². The molecule has 0 bridgehead atoms. The summed E-state index contributed by atoms with van der Waals surface area (Å²) in [7, 11) is 0. The van der Waals surface area contributed by atoms with Crippen molar-refractivity contribution in [3.8, 4) is 0 Å².